The van der Waals surface area contributed by atoms with Crippen LogP contribution in [0.5, 0.6) is 0 Å². The molecule has 3 N–H and O–H groups in total. The van der Waals surface area contributed by atoms with Crippen LogP contribution in [0.3, 0.4) is 0 Å². The van der Waals surface area contributed by atoms with E-state index in [0.29, 0.717) is 17.4 Å². The van der Waals surface area contributed by atoms with Gasteiger partial charge in [0.2, 0.25) is 5.91 Å². The molecule has 0 radical (unpaired) electrons. The fraction of sp³-hybridized carbons (Fsp3) is 0.871. The van der Waals surface area contributed by atoms with Gasteiger partial charge >= 0.3 is 7.82 Å². The third kappa shape index (κ3) is 63.9. The number of allylic oxidation sites excluding steroid dienone is 7. The number of unbranched alkanes of at least 4 members (excludes halogenated alkanes) is 45. The molecule has 3 atom stereocenters. The Bertz CT molecular complexity index is 1430. The van der Waals surface area contributed by atoms with E-state index < -0.39 is 20.0 Å². The van der Waals surface area contributed by atoms with Crippen molar-refractivity contribution in [3.05, 3.63) is 48.6 Å². The van der Waals surface area contributed by atoms with E-state index in [1.165, 1.54) is 276 Å². The lowest BCUT2D eigenvalue weighted by Crippen LogP contribution is -2.45. The summed E-state index contributed by atoms with van der Waals surface area (Å²) in [6.07, 6.45) is 82.8. The minimum absolute atomic E-state index is 0.0545. The van der Waals surface area contributed by atoms with Gasteiger partial charge in [0, 0.05) is 6.42 Å². The summed E-state index contributed by atoms with van der Waals surface area (Å²) in [6, 6.07) is -0.869. The van der Waals surface area contributed by atoms with Crippen molar-refractivity contribution in [3.63, 3.8) is 0 Å². The van der Waals surface area contributed by atoms with Crippen molar-refractivity contribution in [2.75, 3.05) is 40.9 Å². The van der Waals surface area contributed by atoms with Gasteiger partial charge in [0.15, 0.2) is 0 Å². The first-order valence-electron chi connectivity index (χ1n) is 34.5. The Morgan fingerprint density at radius 3 is 1.01 bits per heavy atom. The molecule has 0 saturated carbocycles. The van der Waals surface area contributed by atoms with Crippen LogP contribution in [-0.4, -0.2) is 73.4 Å². The van der Waals surface area contributed by atoms with E-state index in [4.69, 9.17) is 9.05 Å². The van der Waals surface area contributed by atoms with Gasteiger partial charge in [-0.05, 0) is 70.6 Å². The van der Waals surface area contributed by atoms with Gasteiger partial charge in [0.1, 0.15) is 13.2 Å². The lowest BCUT2D eigenvalue weighted by molar-refractivity contribution is -0.870. The first-order valence-corrected chi connectivity index (χ1v) is 36.0. The Balaban J connectivity index is 3.94. The quantitative estimate of drug-likeness (QED) is 0.0243. The lowest BCUT2D eigenvalue weighted by atomic mass is 10.0. The number of carbonyl (C=O) groups is 1. The van der Waals surface area contributed by atoms with E-state index in [2.05, 4.69) is 55.6 Å². The van der Waals surface area contributed by atoms with Crippen molar-refractivity contribution < 1.29 is 32.9 Å². The normalized spacial score (nSPS) is 14.0. The summed E-state index contributed by atoms with van der Waals surface area (Å²) in [5.74, 6) is -0.185. The van der Waals surface area contributed by atoms with E-state index in [9.17, 15) is 19.4 Å². The number of nitrogens with one attached hydrogen (secondary N) is 1. The number of amides is 1. The van der Waals surface area contributed by atoms with E-state index in [1.807, 2.05) is 27.2 Å². The third-order valence-corrected chi connectivity index (χ3v) is 16.7. The fourth-order valence-corrected chi connectivity index (χ4v) is 11.1. The Kier molecular flexibility index (Phi) is 59.8. The molecule has 0 aliphatic rings. The fourth-order valence-electron chi connectivity index (χ4n) is 10.4. The molecule has 0 aromatic rings. The average molecular weight is 1130 g/mol. The summed E-state index contributed by atoms with van der Waals surface area (Å²) >= 11 is 0. The van der Waals surface area contributed by atoms with Gasteiger partial charge in [-0.1, -0.05) is 313 Å². The SMILES string of the molecule is CCCCCCCCCC/C=C\CCCCCCCCCCCCCCCCCCCCCCCCCCCCCC(=O)NC(COP(=O)(O)OCC[N+](C)(C)C)C(O)/C=C/CC/C=C/CC/C=C/CCCCCCCCCC. The molecule has 0 aromatic carbocycles. The number of nitrogens with zero attached hydrogens (tertiary/aromatic N) is 1. The van der Waals surface area contributed by atoms with Crippen LogP contribution < -0.4 is 5.32 Å². The summed E-state index contributed by atoms with van der Waals surface area (Å²) in [7, 11) is 1.56. The second-order valence-electron chi connectivity index (χ2n) is 24.9. The number of carbonyl (C=O) groups excluding carboxylic acids is 1. The summed E-state index contributed by atoms with van der Waals surface area (Å²) in [5, 5.41) is 13.9. The number of hydrogen-bond acceptors (Lipinski definition) is 5. The zero-order chi connectivity index (χ0) is 57.7. The van der Waals surface area contributed by atoms with Crippen LogP contribution in [0.1, 0.15) is 341 Å². The minimum Gasteiger partial charge on any atom is -0.387 e. The molecule has 0 bridgehead atoms. The van der Waals surface area contributed by atoms with Gasteiger partial charge in [-0.25, -0.2) is 4.57 Å². The predicted octanol–water partition coefficient (Wildman–Crippen LogP) is 21.8. The second-order valence-corrected chi connectivity index (χ2v) is 26.3. The van der Waals surface area contributed by atoms with Crippen LogP contribution in [0, 0.1) is 0 Å². The van der Waals surface area contributed by atoms with Crippen LogP contribution in [-0.2, 0) is 18.4 Å². The zero-order valence-electron chi connectivity index (χ0n) is 53.4. The van der Waals surface area contributed by atoms with E-state index in [-0.39, 0.29) is 19.1 Å². The van der Waals surface area contributed by atoms with Gasteiger partial charge < -0.3 is 19.8 Å². The van der Waals surface area contributed by atoms with Crippen LogP contribution >= 0.6 is 7.82 Å². The highest BCUT2D eigenvalue weighted by Crippen LogP contribution is 2.43. The molecule has 0 aliphatic heterocycles. The topological polar surface area (TPSA) is 105 Å². The molecule has 9 heteroatoms. The summed E-state index contributed by atoms with van der Waals surface area (Å²) in [4.78, 5) is 23.4. The smallest absolute Gasteiger partial charge is 0.387 e. The first-order chi connectivity index (χ1) is 38.5. The van der Waals surface area contributed by atoms with Crippen molar-refractivity contribution in [1.82, 2.24) is 5.32 Å². The largest absolute Gasteiger partial charge is 0.472 e. The number of phosphoric ester groups is 1. The Morgan fingerprint density at radius 2 is 0.696 bits per heavy atom. The van der Waals surface area contributed by atoms with Crippen LogP contribution in [0.4, 0.5) is 0 Å². The first kappa shape index (κ1) is 77.5. The Hall–Kier alpha value is -1.54. The molecule has 0 heterocycles. The highest BCUT2D eigenvalue weighted by Gasteiger charge is 2.28. The second kappa shape index (κ2) is 61.0. The van der Waals surface area contributed by atoms with Gasteiger partial charge in [-0.2, -0.15) is 0 Å². The van der Waals surface area contributed by atoms with Crippen LogP contribution in [0.2, 0.25) is 0 Å². The molecule has 466 valence electrons. The van der Waals surface area contributed by atoms with E-state index >= 15 is 0 Å². The number of phosphoric acid groups is 1. The maximum atomic E-state index is 13.0. The molecular weight excluding hydrogens is 996 g/mol. The van der Waals surface area contributed by atoms with Crippen molar-refractivity contribution >= 4 is 13.7 Å². The number of quaternary nitrogens is 1. The summed E-state index contributed by atoms with van der Waals surface area (Å²) in [5.41, 5.74) is 0. The van der Waals surface area contributed by atoms with E-state index in [1.54, 1.807) is 6.08 Å². The molecule has 0 aromatic heterocycles. The third-order valence-electron chi connectivity index (χ3n) is 15.7. The van der Waals surface area contributed by atoms with E-state index in [0.717, 1.165) is 44.9 Å². The van der Waals surface area contributed by atoms with Crippen LogP contribution in [0.25, 0.3) is 0 Å². The van der Waals surface area contributed by atoms with Crippen molar-refractivity contribution in [3.8, 4) is 0 Å². The Morgan fingerprint density at radius 1 is 0.418 bits per heavy atom. The molecule has 79 heavy (non-hydrogen) atoms. The number of aliphatic hydroxyl groups is 1. The maximum Gasteiger partial charge on any atom is 0.472 e. The number of aliphatic hydroxyl groups excluding tert-OH is 1. The lowest BCUT2D eigenvalue weighted by Gasteiger charge is -2.25. The molecule has 0 fully saturated rings. The molecule has 1 amide bonds. The number of likely N-dealkylation sites (N-methyl/N-ethyl adjacent to an activating group) is 1. The highest BCUT2D eigenvalue weighted by molar-refractivity contribution is 7.47. The molecule has 8 nitrogen and oxygen atoms in total. The molecule has 0 saturated heterocycles. The van der Waals surface area contributed by atoms with Crippen molar-refractivity contribution in [1.29, 1.82) is 0 Å². The van der Waals surface area contributed by atoms with Crippen molar-refractivity contribution in [2.24, 2.45) is 0 Å². The summed E-state index contributed by atoms with van der Waals surface area (Å²) < 4.78 is 23.7. The number of rotatable bonds is 64. The van der Waals surface area contributed by atoms with Gasteiger partial charge in [0.05, 0.1) is 39.9 Å². The minimum atomic E-state index is -4.36. The zero-order valence-corrected chi connectivity index (χ0v) is 54.3. The van der Waals surface area contributed by atoms with Crippen molar-refractivity contribution in [2.45, 2.75) is 353 Å². The predicted molar refractivity (Wildman–Crippen MR) is 346 cm³/mol. The van der Waals surface area contributed by atoms with Gasteiger partial charge in [0.25, 0.3) is 0 Å². The monoisotopic (exact) mass is 1130 g/mol. The summed E-state index contributed by atoms with van der Waals surface area (Å²) in [6.45, 7) is 4.82. The van der Waals surface area contributed by atoms with Gasteiger partial charge in [-0.3, -0.25) is 13.8 Å². The molecule has 0 spiro atoms. The molecule has 0 rings (SSSR count). The van der Waals surface area contributed by atoms with Gasteiger partial charge in [-0.15, -0.1) is 0 Å². The van der Waals surface area contributed by atoms with Crippen LogP contribution in [0.15, 0.2) is 48.6 Å². The number of hydrogen-bond donors (Lipinski definition) is 3. The molecular formula is C70H136N2O6P+. The highest BCUT2D eigenvalue weighted by atomic mass is 31.2. The maximum absolute atomic E-state index is 13.0. The molecule has 0 aliphatic carbocycles. The Labute approximate surface area is 492 Å². The standard InChI is InChI=1S/C70H135N2O6P/c1-6-8-10-12-14-16-18-20-22-24-26-27-28-29-30-31-32-33-34-35-36-37-38-39-40-41-42-43-44-45-46-48-50-52-54-56-58-60-62-64-70(74)71-68(67-78-79(75,76)77-66-65-72(3,4)5)69(73)63-61-59-57-55-53-51-49-47-25-23-21-19-17-15-13-11-9-7-2/h24-26,47,53,55,61,63,68-69,73H,6-23,27-46,48-52,54,56-60,62,64-67H2,1-5H3,(H-,71,74,75,76)/p+1/b26-24-,47-25+,55-53+,63-61+. The average Bonchev–Trinajstić information content (AvgIpc) is 3.42. The molecule has 3 unspecified atom stereocenters.